The number of anilines is 1. The lowest BCUT2D eigenvalue weighted by Gasteiger charge is -2.38. The molecule has 0 fully saturated rings. The standard InChI is InChI=1S/C25H31N7O6S/c1-17-12-32(18(2)15-33)25(35)21-11-19(27-24(34)14-31-16-26-28-29-31)9-10-22(21)38-23(17)13-30(3)39(36,37)20-7-5-4-6-8-20/h4-11,16-18,23,33H,12-15H2,1-3H3,(H,27,34)/t17-,18+,23+/m1/s1. The van der Waals surface area contributed by atoms with E-state index < -0.39 is 28.1 Å². The van der Waals surface area contributed by atoms with Crippen molar-refractivity contribution in [2.24, 2.45) is 5.92 Å². The van der Waals surface area contributed by atoms with Crippen molar-refractivity contribution in [3.63, 3.8) is 0 Å². The number of fused-ring (bicyclic) bond motifs is 1. The third-order valence-corrected chi connectivity index (χ3v) is 8.37. The van der Waals surface area contributed by atoms with Crippen LogP contribution in [-0.2, 0) is 21.4 Å². The first-order chi connectivity index (χ1) is 18.6. The molecule has 0 spiro atoms. The van der Waals surface area contributed by atoms with Crippen LogP contribution in [0.2, 0.25) is 0 Å². The van der Waals surface area contributed by atoms with Crippen molar-refractivity contribution in [3.05, 3.63) is 60.4 Å². The first-order valence-electron chi connectivity index (χ1n) is 12.3. The number of hydrogen-bond acceptors (Lipinski definition) is 9. The van der Waals surface area contributed by atoms with Crippen LogP contribution in [0.3, 0.4) is 0 Å². The monoisotopic (exact) mass is 557 g/mol. The van der Waals surface area contributed by atoms with E-state index >= 15 is 0 Å². The Morgan fingerprint density at radius 3 is 2.67 bits per heavy atom. The van der Waals surface area contributed by atoms with Crippen LogP contribution in [0.4, 0.5) is 5.69 Å². The van der Waals surface area contributed by atoms with Crippen molar-refractivity contribution in [1.82, 2.24) is 29.4 Å². The molecule has 13 nitrogen and oxygen atoms in total. The molecule has 2 heterocycles. The van der Waals surface area contributed by atoms with E-state index in [4.69, 9.17) is 4.74 Å². The van der Waals surface area contributed by atoms with Crippen LogP contribution in [0.1, 0.15) is 24.2 Å². The first-order valence-corrected chi connectivity index (χ1v) is 13.8. The highest BCUT2D eigenvalue weighted by molar-refractivity contribution is 7.89. The molecule has 0 aliphatic carbocycles. The maximum absolute atomic E-state index is 13.6. The molecule has 1 aromatic heterocycles. The number of aliphatic hydroxyl groups is 1. The number of hydrogen-bond donors (Lipinski definition) is 2. The van der Waals surface area contributed by atoms with E-state index in [0.717, 1.165) is 0 Å². The van der Waals surface area contributed by atoms with Crippen LogP contribution in [0.15, 0.2) is 59.8 Å². The summed E-state index contributed by atoms with van der Waals surface area (Å²) < 4.78 is 35.1. The number of amides is 2. The van der Waals surface area contributed by atoms with Gasteiger partial charge in [0.1, 0.15) is 24.7 Å². The predicted octanol–water partition coefficient (Wildman–Crippen LogP) is 0.853. The molecule has 39 heavy (non-hydrogen) atoms. The molecule has 2 N–H and O–H groups in total. The smallest absolute Gasteiger partial charge is 0.258 e. The number of benzene rings is 2. The molecule has 0 saturated carbocycles. The molecule has 4 rings (SSSR count). The molecule has 1 aliphatic rings. The van der Waals surface area contributed by atoms with Gasteiger partial charge in [-0.25, -0.2) is 13.1 Å². The zero-order valence-electron chi connectivity index (χ0n) is 21.8. The minimum Gasteiger partial charge on any atom is -0.488 e. The van der Waals surface area contributed by atoms with E-state index in [1.165, 1.54) is 45.5 Å². The summed E-state index contributed by atoms with van der Waals surface area (Å²) in [5.41, 5.74) is 0.537. The largest absolute Gasteiger partial charge is 0.488 e. The van der Waals surface area contributed by atoms with E-state index in [-0.39, 0.29) is 54.3 Å². The molecular weight excluding hydrogens is 526 g/mol. The molecule has 14 heteroatoms. The van der Waals surface area contributed by atoms with E-state index in [1.807, 2.05) is 6.92 Å². The summed E-state index contributed by atoms with van der Waals surface area (Å²) in [6.45, 7) is 3.47. The average molecular weight is 558 g/mol. The third-order valence-electron chi connectivity index (χ3n) is 6.53. The Morgan fingerprint density at radius 2 is 2.00 bits per heavy atom. The van der Waals surface area contributed by atoms with Gasteiger partial charge in [0.25, 0.3) is 5.91 Å². The lowest BCUT2D eigenvalue weighted by molar-refractivity contribution is -0.116. The number of nitrogens with zero attached hydrogens (tertiary/aromatic N) is 6. The molecule has 2 amide bonds. The summed E-state index contributed by atoms with van der Waals surface area (Å²) in [5.74, 6) is -0.809. The van der Waals surface area contributed by atoms with Gasteiger partial charge in [-0.15, -0.1) is 5.10 Å². The van der Waals surface area contributed by atoms with Gasteiger partial charge < -0.3 is 20.1 Å². The lowest BCUT2D eigenvalue weighted by Crippen LogP contribution is -2.50. The molecule has 1 aliphatic heterocycles. The Kier molecular flexibility index (Phi) is 8.57. The van der Waals surface area contributed by atoms with Gasteiger partial charge in [-0.2, -0.15) is 4.31 Å². The second-order valence-corrected chi connectivity index (χ2v) is 11.5. The Morgan fingerprint density at radius 1 is 1.26 bits per heavy atom. The lowest BCUT2D eigenvalue weighted by atomic mass is 9.99. The summed E-state index contributed by atoms with van der Waals surface area (Å²) in [4.78, 5) is 27.7. The molecule has 3 atom stereocenters. The molecule has 0 unspecified atom stereocenters. The van der Waals surface area contributed by atoms with Crippen molar-refractivity contribution in [3.8, 4) is 5.75 Å². The fourth-order valence-corrected chi connectivity index (χ4v) is 5.45. The van der Waals surface area contributed by atoms with Crippen LogP contribution in [0.5, 0.6) is 5.75 Å². The number of sulfonamides is 1. The molecule has 0 bridgehead atoms. The Bertz CT molecular complexity index is 1400. The van der Waals surface area contributed by atoms with Gasteiger partial charge >= 0.3 is 0 Å². The quantitative estimate of drug-likeness (QED) is 0.389. The van der Waals surface area contributed by atoms with Crippen LogP contribution in [0, 0.1) is 5.92 Å². The zero-order valence-corrected chi connectivity index (χ0v) is 22.7. The number of ether oxygens (including phenoxy) is 1. The number of nitrogens with one attached hydrogen (secondary N) is 1. The van der Waals surface area contributed by atoms with Crippen molar-refractivity contribution in [2.75, 3.05) is 32.1 Å². The Balaban J connectivity index is 1.62. The van der Waals surface area contributed by atoms with Gasteiger partial charge in [-0.05, 0) is 47.7 Å². The second kappa shape index (κ2) is 11.9. The number of aromatic nitrogens is 4. The summed E-state index contributed by atoms with van der Waals surface area (Å²) in [7, 11) is -2.29. The van der Waals surface area contributed by atoms with Gasteiger partial charge in [0.05, 0.1) is 29.7 Å². The van der Waals surface area contributed by atoms with E-state index in [1.54, 1.807) is 37.3 Å². The van der Waals surface area contributed by atoms with Crippen LogP contribution < -0.4 is 10.1 Å². The van der Waals surface area contributed by atoms with Gasteiger partial charge in [0, 0.05) is 25.2 Å². The van der Waals surface area contributed by atoms with Crippen molar-refractivity contribution in [1.29, 1.82) is 0 Å². The normalized spacial score (nSPS) is 18.6. The van der Waals surface area contributed by atoms with Gasteiger partial charge in [-0.3, -0.25) is 9.59 Å². The van der Waals surface area contributed by atoms with Crippen molar-refractivity contribution >= 4 is 27.5 Å². The number of tetrazole rings is 1. The fraction of sp³-hybridized carbons (Fsp3) is 0.400. The third kappa shape index (κ3) is 6.41. The molecule has 0 saturated heterocycles. The number of aliphatic hydroxyl groups excluding tert-OH is 1. The molecular formula is C25H31N7O6S. The van der Waals surface area contributed by atoms with Crippen molar-refractivity contribution < 1.29 is 27.9 Å². The van der Waals surface area contributed by atoms with Gasteiger partial charge in [0.15, 0.2) is 0 Å². The first kappa shape index (κ1) is 28.1. The highest BCUT2D eigenvalue weighted by atomic mass is 32.2. The second-order valence-electron chi connectivity index (χ2n) is 9.49. The maximum Gasteiger partial charge on any atom is 0.258 e. The summed E-state index contributed by atoms with van der Waals surface area (Å²) >= 11 is 0. The molecule has 2 aromatic carbocycles. The summed E-state index contributed by atoms with van der Waals surface area (Å²) in [6.07, 6.45) is 0.691. The number of likely N-dealkylation sites (N-methyl/N-ethyl adjacent to an activating group) is 1. The molecule has 0 radical (unpaired) electrons. The van der Waals surface area contributed by atoms with Crippen molar-refractivity contribution in [2.45, 2.75) is 37.4 Å². The Labute approximate surface area is 226 Å². The maximum atomic E-state index is 13.6. The van der Waals surface area contributed by atoms with Crippen LogP contribution >= 0.6 is 0 Å². The molecule has 208 valence electrons. The van der Waals surface area contributed by atoms with Gasteiger partial charge in [-0.1, -0.05) is 25.1 Å². The van der Waals surface area contributed by atoms with Gasteiger partial charge in [0.2, 0.25) is 15.9 Å². The average Bonchev–Trinajstić information content (AvgIpc) is 3.43. The van der Waals surface area contributed by atoms with E-state index in [0.29, 0.717) is 5.69 Å². The topological polar surface area (TPSA) is 160 Å². The highest BCUT2D eigenvalue weighted by Crippen LogP contribution is 2.31. The minimum absolute atomic E-state index is 0.0256. The zero-order chi connectivity index (χ0) is 28.2. The summed E-state index contributed by atoms with van der Waals surface area (Å²) in [6, 6.07) is 12.3. The predicted molar refractivity (Wildman–Crippen MR) is 140 cm³/mol. The van der Waals surface area contributed by atoms with E-state index in [2.05, 4.69) is 20.8 Å². The SMILES string of the molecule is C[C@@H]1CN([C@@H](C)CO)C(=O)c2cc(NC(=O)Cn3cnnn3)ccc2O[C@H]1CN(C)S(=O)(=O)c1ccccc1. The molecule has 3 aromatic rings. The Hall–Kier alpha value is -3.88. The number of carbonyl (C=O) groups is 2. The van der Waals surface area contributed by atoms with Crippen LogP contribution in [-0.4, -0.2) is 93.6 Å². The number of rotatable bonds is 9. The van der Waals surface area contributed by atoms with E-state index in [9.17, 15) is 23.1 Å². The minimum atomic E-state index is -3.78. The number of carbonyl (C=O) groups excluding carboxylic acids is 2. The highest BCUT2D eigenvalue weighted by Gasteiger charge is 2.35. The summed E-state index contributed by atoms with van der Waals surface area (Å²) in [5, 5.41) is 23.2. The van der Waals surface area contributed by atoms with Crippen LogP contribution in [0.25, 0.3) is 0 Å². The fourth-order valence-electron chi connectivity index (χ4n) is 4.24.